The van der Waals surface area contributed by atoms with E-state index in [-0.39, 0.29) is 0 Å². The van der Waals surface area contributed by atoms with Crippen LogP contribution in [0, 0.1) is 0 Å². The smallest absolute Gasteiger partial charge is 0.119 e. The molecule has 0 saturated carbocycles. The maximum atomic E-state index is 5.62. The topological polar surface area (TPSA) is 81.4 Å². The zero-order valence-electron chi connectivity index (χ0n) is 18.6. The van der Waals surface area contributed by atoms with Crippen molar-refractivity contribution in [3.8, 4) is 5.75 Å². The van der Waals surface area contributed by atoms with Crippen LogP contribution in [-0.2, 0) is 23.7 Å². The molecule has 30 heavy (non-hydrogen) atoms. The standard InChI is InChI=1S/C23H41NO6/c1-2-3-4-5-6-11-25-12-13-26-14-15-27-16-17-28-18-19-29-20-21-30-23-9-7-22(24)8-10-23/h7-10H,2-6,11-21,24H2,1H3. The van der Waals surface area contributed by atoms with E-state index in [1.807, 2.05) is 24.3 Å². The molecule has 0 aliphatic heterocycles. The Morgan fingerprint density at radius 2 is 0.967 bits per heavy atom. The van der Waals surface area contributed by atoms with E-state index in [1.165, 1.54) is 25.7 Å². The predicted octanol–water partition coefficient (Wildman–Crippen LogP) is 3.70. The van der Waals surface area contributed by atoms with Crippen molar-refractivity contribution in [1.29, 1.82) is 0 Å². The van der Waals surface area contributed by atoms with Crippen LogP contribution in [0.25, 0.3) is 0 Å². The summed E-state index contributed by atoms with van der Waals surface area (Å²) in [6.45, 7) is 8.67. The minimum absolute atomic E-state index is 0.497. The van der Waals surface area contributed by atoms with Gasteiger partial charge in [0.2, 0.25) is 0 Å². The van der Waals surface area contributed by atoms with Crippen LogP contribution in [-0.4, -0.2) is 72.7 Å². The summed E-state index contributed by atoms with van der Waals surface area (Å²) in [4.78, 5) is 0. The highest BCUT2D eigenvalue weighted by atomic mass is 16.6. The van der Waals surface area contributed by atoms with Crippen molar-refractivity contribution < 1.29 is 28.4 Å². The third-order valence-electron chi connectivity index (χ3n) is 4.26. The molecule has 1 rings (SSSR count). The van der Waals surface area contributed by atoms with Gasteiger partial charge in [-0.2, -0.15) is 0 Å². The summed E-state index contributed by atoms with van der Waals surface area (Å²) in [5.41, 5.74) is 6.35. The molecule has 0 amide bonds. The minimum atomic E-state index is 0.497. The number of rotatable bonds is 22. The van der Waals surface area contributed by atoms with E-state index < -0.39 is 0 Å². The third kappa shape index (κ3) is 17.5. The lowest BCUT2D eigenvalue weighted by Crippen LogP contribution is -2.14. The molecule has 0 aliphatic rings. The van der Waals surface area contributed by atoms with E-state index in [4.69, 9.17) is 34.2 Å². The van der Waals surface area contributed by atoms with Crippen LogP contribution in [0.3, 0.4) is 0 Å². The van der Waals surface area contributed by atoms with E-state index in [0.717, 1.165) is 24.5 Å². The van der Waals surface area contributed by atoms with Crippen LogP contribution in [0.4, 0.5) is 5.69 Å². The molecule has 0 saturated heterocycles. The maximum absolute atomic E-state index is 5.62. The number of nitrogen functional groups attached to an aromatic ring is 1. The van der Waals surface area contributed by atoms with Gasteiger partial charge >= 0.3 is 0 Å². The molecule has 0 heterocycles. The molecule has 7 heteroatoms. The second-order valence-electron chi connectivity index (χ2n) is 6.89. The second kappa shape index (κ2) is 20.9. The normalized spacial score (nSPS) is 11.1. The van der Waals surface area contributed by atoms with Gasteiger partial charge in [-0.1, -0.05) is 32.6 Å². The van der Waals surface area contributed by atoms with Crippen LogP contribution < -0.4 is 10.5 Å². The van der Waals surface area contributed by atoms with Crippen molar-refractivity contribution in [3.63, 3.8) is 0 Å². The van der Waals surface area contributed by atoms with Gasteiger partial charge in [0.1, 0.15) is 12.4 Å². The molecule has 1 aromatic rings. The fraction of sp³-hybridized carbons (Fsp3) is 0.739. The SMILES string of the molecule is CCCCCCCOCCOCCOCCOCCOCCOc1ccc(N)cc1. The van der Waals surface area contributed by atoms with Crippen molar-refractivity contribution in [2.45, 2.75) is 39.0 Å². The summed E-state index contributed by atoms with van der Waals surface area (Å²) in [6.07, 6.45) is 6.31. The third-order valence-corrected chi connectivity index (χ3v) is 4.26. The molecule has 0 atom stereocenters. The zero-order chi connectivity index (χ0) is 21.5. The van der Waals surface area contributed by atoms with Crippen molar-refractivity contribution in [2.24, 2.45) is 0 Å². The lowest BCUT2D eigenvalue weighted by Gasteiger charge is -2.09. The first-order valence-corrected chi connectivity index (χ1v) is 11.2. The summed E-state index contributed by atoms with van der Waals surface area (Å²) < 4.78 is 32.9. The summed E-state index contributed by atoms with van der Waals surface area (Å²) in [5.74, 6) is 0.788. The minimum Gasteiger partial charge on any atom is -0.491 e. The van der Waals surface area contributed by atoms with E-state index in [0.29, 0.717) is 66.1 Å². The molecule has 174 valence electrons. The van der Waals surface area contributed by atoms with Crippen LogP contribution >= 0.6 is 0 Å². The van der Waals surface area contributed by atoms with E-state index in [2.05, 4.69) is 6.92 Å². The van der Waals surface area contributed by atoms with Crippen molar-refractivity contribution in [2.75, 3.05) is 78.4 Å². The van der Waals surface area contributed by atoms with Crippen LogP contribution in [0.15, 0.2) is 24.3 Å². The average molecular weight is 428 g/mol. The highest BCUT2D eigenvalue weighted by Gasteiger charge is 1.96. The average Bonchev–Trinajstić information content (AvgIpc) is 2.76. The lowest BCUT2D eigenvalue weighted by molar-refractivity contribution is -0.0128. The van der Waals surface area contributed by atoms with Crippen molar-refractivity contribution in [3.05, 3.63) is 24.3 Å². The van der Waals surface area contributed by atoms with Gasteiger partial charge < -0.3 is 34.2 Å². The monoisotopic (exact) mass is 427 g/mol. The number of hydrogen-bond acceptors (Lipinski definition) is 7. The Bertz CT molecular complexity index is 471. The number of anilines is 1. The highest BCUT2D eigenvalue weighted by molar-refractivity contribution is 5.41. The van der Waals surface area contributed by atoms with Gasteiger partial charge in [0.15, 0.2) is 0 Å². The molecule has 0 aromatic heterocycles. The van der Waals surface area contributed by atoms with Crippen LogP contribution in [0.1, 0.15) is 39.0 Å². The van der Waals surface area contributed by atoms with E-state index >= 15 is 0 Å². The molecular weight excluding hydrogens is 386 g/mol. The van der Waals surface area contributed by atoms with E-state index in [9.17, 15) is 0 Å². The Kier molecular flexibility index (Phi) is 18.5. The first-order chi connectivity index (χ1) is 14.8. The number of hydrogen-bond donors (Lipinski definition) is 1. The predicted molar refractivity (Wildman–Crippen MR) is 119 cm³/mol. The summed E-state index contributed by atoms with van der Waals surface area (Å²) in [7, 11) is 0. The number of nitrogens with two attached hydrogens (primary N) is 1. The number of unbranched alkanes of at least 4 members (excludes halogenated alkanes) is 4. The fourth-order valence-corrected chi connectivity index (χ4v) is 2.57. The molecule has 2 N–H and O–H groups in total. The molecular formula is C23H41NO6. The first kappa shape index (κ1) is 26.7. The molecule has 0 fully saturated rings. The van der Waals surface area contributed by atoms with Crippen LogP contribution in [0.5, 0.6) is 5.75 Å². The quantitative estimate of drug-likeness (QED) is 0.223. The second-order valence-corrected chi connectivity index (χ2v) is 6.89. The number of ether oxygens (including phenoxy) is 6. The maximum Gasteiger partial charge on any atom is 0.119 e. The van der Waals surface area contributed by atoms with Gasteiger partial charge in [-0.05, 0) is 30.7 Å². The molecule has 0 unspecified atom stereocenters. The lowest BCUT2D eigenvalue weighted by atomic mass is 10.2. The Morgan fingerprint density at radius 3 is 1.47 bits per heavy atom. The number of benzene rings is 1. The molecule has 1 aromatic carbocycles. The first-order valence-electron chi connectivity index (χ1n) is 11.2. The van der Waals surface area contributed by atoms with Gasteiger partial charge in [0, 0.05) is 12.3 Å². The van der Waals surface area contributed by atoms with Gasteiger partial charge in [-0.3, -0.25) is 0 Å². The molecule has 0 bridgehead atoms. The van der Waals surface area contributed by atoms with Gasteiger partial charge in [0.25, 0.3) is 0 Å². The molecule has 7 nitrogen and oxygen atoms in total. The van der Waals surface area contributed by atoms with Gasteiger partial charge in [-0.25, -0.2) is 0 Å². The summed E-state index contributed by atoms with van der Waals surface area (Å²) in [6, 6.07) is 7.30. The Hall–Kier alpha value is -1.38. The largest absolute Gasteiger partial charge is 0.491 e. The molecule has 0 aliphatic carbocycles. The van der Waals surface area contributed by atoms with Crippen LogP contribution in [0.2, 0.25) is 0 Å². The van der Waals surface area contributed by atoms with E-state index in [1.54, 1.807) is 0 Å². The molecule has 0 spiro atoms. The molecule has 0 radical (unpaired) electrons. The Labute approximate surface area is 182 Å². The highest BCUT2D eigenvalue weighted by Crippen LogP contribution is 2.12. The van der Waals surface area contributed by atoms with Gasteiger partial charge in [-0.15, -0.1) is 0 Å². The fourth-order valence-electron chi connectivity index (χ4n) is 2.57. The summed E-state index contributed by atoms with van der Waals surface area (Å²) >= 11 is 0. The van der Waals surface area contributed by atoms with Crippen molar-refractivity contribution >= 4 is 5.69 Å². The van der Waals surface area contributed by atoms with Crippen molar-refractivity contribution in [1.82, 2.24) is 0 Å². The van der Waals surface area contributed by atoms with Gasteiger partial charge in [0.05, 0.1) is 59.5 Å². The summed E-state index contributed by atoms with van der Waals surface area (Å²) in [5, 5.41) is 0. The Balaban J connectivity index is 1.68. The zero-order valence-corrected chi connectivity index (χ0v) is 18.6. The Morgan fingerprint density at radius 1 is 0.533 bits per heavy atom.